The molecule has 0 aliphatic rings. The van der Waals surface area contributed by atoms with Crippen LogP contribution in [-0.4, -0.2) is 30.3 Å². The fourth-order valence-electron chi connectivity index (χ4n) is 2.32. The van der Waals surface area contributed by atoms with E-state index in [1.165, 1.54) is 11.3 Å². The van der Waals surface area contributed by atoms with Gasteiger partial charge in [-0.2, -0.15) is 5.10 Å². The van der Waals surface area contributed by atoms with Crippen LogP contribution in [-0.2, 0) is 0 Å². The van der Waals surface area contributed by atoms with Crippen molar-refractivity contribution in [3.63, 3.8) is 0 Å². The Kier molecular flexibility index (Phi) is 6.92. The maximum Gasteiger partial charge on any atom is 0.203 e. The summed E-state index contributed by atoms with van der Waals surface area (Å²) in [6.45, 7) is 0. The highest BCUT2D eigenvalue weighted by Crippen LogP contribution is 2.26. The van der Waals surface area contributed by atoms with E-state index < -0.39 is 0 Å². The van der Waals surface area contributed by atoms with Gasteiger partial charge in [0, 0.05) is 16.6 Å². The average Bonchev–Trinajstić information content (AvgIpc) is 3.19. The molecule has 1 N–H and O–H groups in total. The Hall–Kier alpha value is -2.28. The lowest BCUT2D eigenvalue weighted by molar-refractivity contribution is 0.415. The van der Waals surface area contributed by atoms with Gasteiger partial charge in [-0.1, -0.05) is 12.1 Å². The molecule has 1 aromatic heterocycles. The van der Waals surface area contributed by atoms with Crippen molar-refractivity contribution < 1.29 is 4.74 Å². The molecular formula is C19H18Cl2N4OS. The van der Waals surface area contributed by atoms with Crippen molar-refractivity contribution in [3.8, 4) is 17.0 Å². The summed E-state index contributed by atoms with van der Waals surface area (Å²) in [6, 6.07) is 16.3. The third kappa shape index (κ3) is 5.13. The molecule has 140 valence electrons. The summed E-state index contributed by atoms with van der Waals surface area (Å²) in [7, 11) is 1.65. The van der Waals surface area contributed by atoms with Gasteiger partial charge in [-0.3, -0.25) is 5.43 Å². The van der Waals surface area contributed by atoms with E-state index in [1.807, 2.05) is 58.8 Å². The first-order valence-corrected chi connectivity index (χ1v) is 10.0. The number of ether oxygens (including phenoxy) is 1. The molecule has 0 atom stereocenters. The number of methoxy groups -OCH3 is 1. The van der Waals surface area contributed by atoms with E-state index in [4.69, 9.17) is 27.9 Å². The average molecular weight is 421 g/mol. The van der Waals surface area contributed by atoms with Crippen molar-refractivity contribution in [1.82, 2.24) is 4.98 Å². The topological polar surface area (TPSA) is 49.8 Å². The van der Waals surface area contributed by atoms with Crippen molar-refractivity contribution in [2.75, 3.05) is 29.4 Å². The number of alkyl halides is 2. The number of thiazole rings is 1. The number of rotatable bonds is 8. The maximum atomic E-state index is 5.85. The van der Waals surface area contributed by atoms with Crippen molar-refractivity contribution in [2.45, 2.75) is 0 Å². The van der Waals surface area contributed by atoms with Gasteiger partial charge in [-0.15, -0.1) is 34.5 Å². The Morgan fingerprint density at radius 1 is 1.11 bits per heavy atom. The fourth-order valence-corrected chi connectivity index (χ4v) is 3.52. The van der Waals surface area contributed by atoms with Crippen LogP contribution in [0.4, 0.5) is 10.8 Å². The Morgan fingerprint density at radius 3 is 2.44 bits per heavy atom. The predicted molar refractivity (Wildman–Crippen MR) is 116 cm³/mol. The molecule has 0 unspecified atom stereocenters. The summed E-state index contributed by atoms with van der Waals surface area (Å²) in [6.07, 6.45) is 1.74. The quantitative estimate of drug-likeness (QED) is 0.227. The van der Waals surface area contributed by atoms with E-state index in [2.05, 4.69) is 15.5 Å². The van der Waals surface area contributed by atoms with Gasteiger partial charge in [0.25, 0.3) is 0 Å². The number of hydrazone groups is 1. The van der Waals surface area contributed by atoms with Gasteiger partial charge in [-0.05, 0) is 42.0 Å². The Labute approximate surface area is 172 Å². The molecule has 3 rings (SSSR count). The molecule has 0 saturated heterocycles. The van der Waals surface area contributed by atoms with E-state index in [1.54, 1.807) is 13.3 Å². The molecule has 2 aromatic carbocycles. The van der Waals surface area contributed by atoms with Crippen LogP contribution in [0.15, 0.2) is 59.0 Å². The lowest BCUT2D eigenvalue weighted by Gasteiger charge is -2.18. The first kappa shape index (κ1) is 19.5. The molecular weight excluding hydrogens is 403 g/mol. The van der Waals surface area contributed by atoms with Crippen molar-refractivity contribution in [3.05, 3.63) is 59.5 Å². The Morgan fingerprint density at radius 2 is 1.81 bits per heavy atom. The number of hydrogen-bond acceptors (Lipinski definition) is 6. The monoisotopic (exact) mass is 420 g/mol. The summed E-state index contributed by atoms with van der Waals surface area (Å²) in [5.41, 5.74) is 6.82. The molecule has 3 aromatic rings. The van der Waals surface area contributed by atoms with Crippen LogP contribution in [0.3, 0.4) is 0 Å². The molecule has 0 fully saturated rings. The van der Waals surface area contributed by atoms with E-state index in [0.717, 1.165) is 33.4 Å². The van der Waals surface area contributed by atoms with Gasteiger partial charge in [0.15, 0.2) is 0 Å². The third-order valence-corrected chi connectivity index (χ3v) is 5.13. The summed E-state index contributed by atoms with van der Waals surface area (Å²) in [4.78, 5) is 6.39. The van der Waals surface area contributed by atoms with Gasteiger partial charge in [-0.25, -0.2) is 4.98 Å². The normalized spacial score (nSPS) is 10.9. The summed E-state index contributed by atoms with van der Waals surface area (Å²) >= 11 is 13.2. The van der Waals surface area contributed by atoms with Gasteiger partial charge >= 0.3 is 0 Å². The largest absolute Gasteiger partial charge is 0.497 e. The molecule has 0 amide bonds. The zero-order valence-electron chi connectivity index (χ0n) is 14.6. The smallest absolute Gasteiger partial charge is 0.203 e. The van der Waals surface area contributed by atoms with E-state index >= 15 is 0 Å². The molecule has 0 spiro atoms. The molecule has 27 heavy (non-hydrogen) atoms. The first-order chi connectivity index (χ1) is 13.2. The molecule has 8 heteroatoms. The first-order valence-electron chi connectivity index (χ1n) is 8.09. The van der Waals surface area contributed by atoms with Crippen LogP contribution in [0, 0.1) is 0 Å². The minimum Gasteiger partial charge on any atom is -0.497 e. The molecule has 0 radical (unpaired) electrons. The van der Waals surface area contributed by atoms with Gasteiger partial charge in [0.05, 0.1) is 31.0 Å². The number of nitrogens with zero attached hydrogens (tertiary/aromatic N) is 3. The summed E-state index contributed by atoms with van der Waals surface area (Å²) < 4.78 is 5.17. The highest BCUT2D eigenvalue weighted by molar-refractivity contribution is 7.14. The Bertz CT molecular complexity index is 877. The standard InChI is InChI=1S/C19H18Cl2N4OS/c1-26-17-8-4-15(5-9-17)18-11-27-19(23-18)24-22-10-14-2-6-16(7-3-14)25(12-20)13-21/h2-11H,12-13H2,1H3,(H,23,24)/b22-10-. The van der Waals surface area contributed by atoms with Crippen LogP contribution in [0.1, 0.15) is 5.56 Å². The highest BCUT2D eigenvalue weighted by atomic mass is 35.5. The molecule has 1 heterocycles. The zero-order chi connectivity index (χ0) is 19.1. The Balaban J connectivity index is 1.60. The van der Waals surface area contributed by atoms with Crippen molar-refractivity contribution >= 4 is 51.6 Å². The van der Waals surface area contributed by atoms with Crippen molar-refractivity contribution in [1.29, 1.82) is 0 Å². The van der Waals surface area contributed by atoms with E-state index in [9.17, 15) is 0 Å². The van der Waals surface area contributed by atoms with Gasteiger partial charge < -0.3 is 9.64 Å². The van der Waals surface area contributed by atoms with E-state index in [-0.39, 0.29) is 0 Å². The zero-order valence-corrected chi connectivity index (χ0v) is 16.9. The van der Waals surface area contributed by atoms with Crippen LogP contribution in [0.5, 0.6) is 5.75 Å². The lowest BCUT2D eigenvalue weighted by atomic mass is 10.2. The second-order valence-corrected chi connectivity index (χ2v) is 6.84. The fraction of sp³-hybridized carbons (Fsp3) is 0.158. The summed E-state index contributed by atoms with van der Waals surface area (Å²) in [5, 5.41) is 6.96. The van der Waals surface area contributed by atoms with Crippen LogP contribution in [0.2, 0.25) is 0 Å². The third-order valence-electron chi connectivity index (χ3n) is 3.81. The molecule has 0 saturated carbocycles. The van der Waals surface area contributed by atoms with E-state index in [0.29, 0.717) is 12.0 Å². The number of anilines is 2. The van der Waals surface area contributed by atoms with Crippen LogP contribution < -0.4 is 15.1 Å². The number of hydrogen-bond donors (Lipinski definition) is 1. The molecule has 0 aliphatic heterocycles. The minimum atomic E-state index is 0.346. The second kappa shape index (κ2) is 9.60. The van der Waals surface area contributed by atoms with Crippen LogP contribution in [0.25, 0.3) is 11.3 Å². The number of nitrogens with one attached hydrogen (secondary N) is 1. The minimum absolute atomic E-state index is 0.346. The van der Waals surface area contributed by atoms with Crippen molar-refractivity contribution in [2.24, 2.45) is 5.10 Å². The molecule has 0 bridgehead atoms. The van der Waals surface area contributed by atoms with Gasteiger partial charge in [0.1, 0.15) is 5.75 Å². The maximum absolute atomic E-state index is 5.85. The van der Waals surface area contributed by atoms with Crippen LogP contribution >= 0.6 is 34.5 Å². The summed E-state index contributed by atoms with van der Waals surface area (Å²) in [5.74, 6) is 0.822. The SMILES string of the molecule is COc1ccc(-c2csc(N/N=C\c3ccc(N(CCl)CCl)cc3)n2)cc1. The number of benzene rings is 2. The highest BCUT2D eigenvalue weighted by Gasteiger charge is 2.05. The second-order valence-electron chi connectivity index (χ2n) is 5.51. The lowest BCUT2D eigenvalue weighted by Crippen LogP contribution is -2.18. The molecule has 0 aliphatic carbocycles. The predicted octanol–water partition coefficient (Wildman–Crippen LogP) is 5.46. The number of aromatic nitrogens is 1. The number of halogens is 2. The van der Waals surface area contributed by atoms with Gasteiger partial charge in [0.2, 0.25) is 5.13 Å². The molecule has 5 nitrogen and oxygen atoms in total.